The fraction of sp³-hybridized carbons (Fsp3) is 0.900. The van der Waals surface area contributed by atoms with Crippen LogP contribution < -0.4 is 0 Å². The number of rotatable bonds is 8. The number of nitrogens with zero attached hydrogens (tertiary/aromatic N) is 1. The van der Waals surface area contributed by atoms with Crippen LogP contribution in [-0.2, 0) is 9.84 Å². The Balaban J connectivity index is 3.12. The molecule has 0 aromatic heterocycles. The lowest BCUT2D eigenvalue weighted by Crippen LogP contribution is -2.02. The second kappa shape index (κ2) is 7.81. The van der Waals surface area contributed by atoms with E-state index in [2.05, 4.69) is 6.07 Å². The summed E-state index contributed by atoms with van der Waals surface area (Å²) in [6.45, 7) is 0. The smallest absolute Gasteiger partial charge is 0.147 e. The van der Waals surface area contributed by atoms with Crippen molar-refractivity contribution >= 4 is 9.84 Å². The van der Waals surface area contributed by atoms with E-state index in [9.17, 15) is 8.42 Å². The molecule has 0 spiro atoms. The van der Waals surface area contributed by atoms with Gasteiger partial charge in [0.15, 0.2) is 0 Å². The highest BCUT2D eigenvalue weighted by atomic mass is 32.2. The summed E-state index contributed by atoms with van der Waals surface area (Å²) in [4.78, 5) is 0. The first-order chi connectivity index (χ1) is 6.56. The van der Waals surface area contributed by atoms with Gasteiger partial charge in [-0.2, -0.15) is 5.26 Å². The van der Waals surface area contributed by atoms with Crippen LogP contribution in [-0.4, -0.2) is 20.4 Å². The predicted octanol–water partition coefficient (Wildman–Crippen LogP) is 2.29. The van der Waals surface area contributed by atoms with Gasteiger partial charge in [-0.1, -0.05) is 25.7 Å². The standard InChI is InChI=1S/C10H19NO2S/c1-14(12,13)10-8-6-4-2-3-5-7-9-11/h2-8,10H2,1H3. The topological polar surface area (TPSA) is 57.9 Å². The van der Waals surface area contributed by atoms with Gasteiger partial charge >= 0.3 is 0 Å². The van der Waals surface area contributed by atoms with Gasteiger partial charge in [0.05, 0.1) is 6.07 Å². The third-order valence-corrected chi connectivity index (χ3v) is 3.08. The number of nitriles is 1. The minimum Gasteiger partial charge on any atom is -0.229 e. The van der Waals surface area contributed by atoms with Crippen molar-refractivity contribution in [2.75, 3.05) is 12.0 Å². The van der Waals surface area contributed by atoms with Crippen LogP contribution in [0.4, 0.5) is 0 Å². The molecule has 4 heteroatoms. The zero-order valence-corrected chi connectivity index (χ0v) is 9.65. The van der Waals surface area contributed by atoms with Crippen LogP contribution >= 0.6 is 0 Å². The maximum Gasteiger partial charge on any atom is 0.147 e. The summed E-state index contributed by atoms with van der Waals surface area (Å²) < 4.78 is 21.5. The van der Waals surface area contributed by atoms with Crippen molar-refractivity contribution in [3.8, 4) is 6.07 Å². The second-order valence-corrected chi connectivity index (χ2v) is 5.92. The van der Waals surface area contributed by atoms with E-state index in [1.54, 1.807) is 0 Å². The first-order valence-corrected chi connectivity index (χ1v) is 7.17. The maximum atomic E-state index is 10.8. The third kappa shape index (κ3) is 11.4. The fourth-order valence-electron chi connectivity index (χ4n) is 1.28. The van der Waals surface area contributed by atoms with Gasteiger partial charge in [0.2, 0.25) is 0 Å². The van der Waals surface area contributed by atoms with Crippen molar-refractivity contribution in [1.29, 1.82) is 5.26 Å². The molecule has 0 bridgehead atoms. The fourth-order valence-corrected chi connectivity index (χ4v) is 2.00. The number of unbranched alkanes of at least 4 members (excludes halogenated alkanes) is 6. The van der Waals surface area contributed by atoms with Crippen molar-refractivity contribution in [3.05, 3.63) is 0 Å². The molecule has 0 radical (unpaired) electrons. The molecule has 0 N–H and O–H groups in total. The average molecular weight is 217 g/mol. The highest BCUT2D eigenvalue weighted by Gasteiger charge is 2.00. The first kappa shape index (κ1) is 13.4. The quantitative estimate of drug-likeness (QED) is 0.586. The molecule has 0 saturated heterocycles. The van der Waals surface area contributed by atoms with Crippen LogP contribution in [0.5, 0.6) is 0 Å². The van der Waals surface area contributed by atoms with Gasteiger partial charge in [0.1, 0.15) is 9.84 Å². The van der Waals surface area contributed by atoms with Crippen molar-refractivity contribution < 1.29 is 8.42 Å². The number of hydrogen-bond donors (Lipinski definition) is 0. The Kier molecular flexibility index (Phi) is 7.50. The zero-order valence-electron chi connectivity index (χ0n) is 8.83. The third-order valence-electron chi connectivity index (χ3n) is 2.05. The molecule has 0 heterocycles. The Labute approximate surface area is 87.0 Å². The first-order valence-electron chi connectivity index (χ1n) is 5.11. The van der Waals surface area contributed by atoms with Gasteiger partial charge in [-0.15, -0.1) is 0 Å². The van der Waals surface area contributed by atoms with Gasteiger partial charge in [-0.25, -0.2) is 8.42 Å². The molecule has 0 saturated carbocycles. The van der Waals surface area contributed by atoms with Crippen molar-refractivity contribution in [3.63, 3.8) is 0 Å². The van der Waals surface area contributed by atoms with Crippen molar-refractivity contribution in [1.82, 2.24) is 0 Å². The zero-order chi connectivity index (χ0) is 10.9. The lowest BCUT2D eigenvalue weighted by atomic mass is 10.1. The van der Waals surface area contributed by atoms with Crippen LogP contribution in [0.15, 0.2) is 0 Å². The second-order valence-electron chi connectivity index (χ2n) is 3.66. The van der Waals surface area contributed by atoms with E-state index in [0.29, 0.717) is 12.2 Å². The minimum absolute atomic E-state index is 0.311. The number of sulfone groups is 1. The molecule has 0 unspecified atom stereocenters. The SMILES string of the molecule is CS(=O)(=O)CCCCCCCCC#N. The Bertz CT molecular complexity index is 264. The van der Waals surface area contributed by atoms with Crippen molar-refractivity contribution in [2.24, 2.45) is 0 Å². The Morgan fingerprint density at radius 1 is 1.00 bits per heavy atom. The van der Waals surface area contributed by atoms with Crippen LogP contribution in [0.2, 0.25) is 0 Å². The van der Waals surface area contributed by atoms with Gasteiger partial charge in [0, 0.05) is 18.4 Å². The van der Waals surface area contributed by atoms with E-state index in [1.807, 2.05) is 0 Å². The summed E-state index contributed by atoms with van der Waals surface area (Å²) in [7, 11) is -2.77. The molecule has 0 aromatic carbocycles. The van der Waals surface area contributed by atoms with Crippen LogP contribution in [0.25, 0.3) is 0 Å². The van der Waals surface area contributed by atoms with E-state index >= 15 is 0 Å². The van der Waals surface area contributed by atoms with E-state index < -0.39 is 9.84 Å². The van der Waals surface area contributed by atoms with Crippen LogP contribution in [0, 0.1) is 11.3 Å². The lowest BCUT2D eigenvalue weighted by molar-refractivity contribution is 0.586. The molecule has 0 aliphatic carbocycles. The van der Waals surface area contributed by atoms with Crippen LogP contribution in [0.3, 0.4) is 0 Å². The normalized spacial score (nSPS) is 11.1. The summed E-state index contributed by atoms with van der Waals surface area (Å²) >= 11 is 0. The molecular formula is C10H19NO2S. The number of hydrogen-bond acceptors (Lipinski definition) is 3. The summed E-state index contributed by atoms with van der Waals surface area (Å²) in [5.41, 5.74) is 0. The highest BCUT2D eigenvalue weighted by molar-refractivity contribution is 7.90. The molecule has 3 nitrogen and oxygen atoms in total. The maximum absolute atomic E-state index is 10.8. The van der Waals surface area contributed by atoms with Crippen LogP contribution in [0.1, 0.15) is 44.9 Å². The minimum atomic E-state index is -2.77. The van der Waals surface area contributed by atoms with Gasteiger partial charge < -0.3 is 0 Å². The summed E-state index contributed by atoms with van der Waals surface area (Å²) in [6.07, 6.45) is 7.95. The predicted molar refractivity (Wildman–Crippen MR) is 57.6 cm³/mol. The molecule has 0 atom stereocenters. The van der Waals surface area contributed by atoms with Gasteiger partial charge in [-0.05, 0) is 12.8 Å². The molecule has 0 aliphatic heterocycles. The average Bonchev–Trinajstić information content (AvgIpc) is 2.08. The largest absolute Gasteiger partial charge is 0.229 e. The molecule has 0 aromatic rings. The summed E-state index contributed by atoms with van der Waals surface area (Å²) in [6, 6.07) is 2.11. The molecule has 0 fully saturated rings. The molecule has 0 rings (SSSR count). The van der Waals surface area contributed by atoms with Gasteiger partial charge in [0.25, 0.3) is 0 Å². The molecule has 14 heavy (non-hydrogen) atoms. The summed E-state index contributed by atoms with van der Waals surface area (Å²) in [5.74, 6) is 0.311. The van der Waals surface area contributed by atoms with E-state index in [4.69, 9.17) is 5.26 Å². The monoisotopic (exact) mass is 217 g/mol. The Morgan fingerprint density at radius 2 is 1.50 bits per heavy atom. The summed E-state index contributed by atoms with van der Waals surface area (Å²) in [5, 5.41) is 8.28. The lowest BCUT2D eigenvalue weighted by Gasteiger charge is -1.99. The molecule has 0 amide bonds. The molecular weight excluding hydrogens is 198 g/mol. The highest BCUT2D eigenvalue weighted by Crippen LogP contribution is 2.07. The van der Waals surface area contributed by atoms with E-state index in [-0.39, 0.29) is 0 Å². The Morgan fingerprint density at radius 3 is 2.00 bits per heavy atom. The van der Waals surface area contributed by atoms with Crippen molar-refractivity contribution in [2.45, 2.75) is 44.9 Å². The molecule has 0 aliphatic rings. The van der Waals surface area contributed by atoms with E-state index in [0.717, 1.165) is 38.5 Å². The van der Waals surface area contributed by atoms with Gasteiger partial charge in [-0.3, -0.25) is 0 Å². The molecule has 82 valence electrons. The van der Waals surface area contributed by atoms with E-state index in [1.165, 1.54) is 6.26 Å². The Hall–Kier alpha value is -0.560.